The maximum absolute atomic E-state index is 13.1. The molecule has 2 heterocycles. The average Bonchev–Trinajstić information content (AvgIpc) is 3.09. The first-order chi connectivity index (χ1) is 11.6. The molecule has 118 valence electrons. The van der Waals surface area contributed by atoms with E-state index in [1.807, 2.05) is 60.8 Å². The predicted octanol–water partition coefficient (Wildman–Crippen LogP) is 5.08. The van der Waals surface area contributed by atoms with Crippen LogP contribution in [0.25, 0.3) is 27.3 Å². The molecule has 3 nitrogen and oxygen atoms in total. The molecule has 24 heavy (non-hydrogen) atoms. The highest BCUT2D eigenvalue weighted by molar-refractivity contribution is 7.12. The van der Waals surface area contributed by atoms with Gasteiger partial charge < -0.3 is 0 Å². The van der Waals surface area contributed by atoms with Crippen LogP contribution < -0.4 is 5.56 Å². The van der Waals surface area contributed by atoms with Crippen LogP contribution in [0.4, 0.5) is 0 Å². The monoisotopic (exact) mass is 352 g/mol. The third-order valence-electron chi connectivity index (χ3n) is 3.87. The molecule has 0 spiro atoms. The minimum atomic E-state index is -0.0882. The van der Waals surface area contributed by atoms with Crippen molar-refractivity contribution in [2.24, 2.45) is 0 Å². The summed E-state index contributed by atoms with van der Waals surface area (Å²) in [6.45, 7) is 1.98. The molecule has 0 fully saturated rings. The van der Waals surface area contributed by atoms with Crippen LogP contribution in [0.3, 0.4) is 0 Å². The molecule has 0 bridgehead atoms. The number of hydrogen-bond donors (Lipinski definition) is 0. The van der Waals surface area contributed by atoms with E-state index in [1.165, 1.54) is 11.3 Å². The van der Waals surface area contributed by atoms with Gasteiger partial charge in [0, 0.05) is 5.56 Å². The Labute approximate surface area is 147 Å². The van der Waals surface area contributed by atoms with Gasteiger partial charge in [-0.05, 0) is 54.3 Å². The molecule has 4 aromatic rings. The number of thiophene rings is 1. The van der Waals surface area contributed by atoms with Gasteiger partial charge in [0.2, 0.25) is 0 Å². The van der Waals surface area contributed by atoms with Gasteiger partial charge in [0.1, 0.15) is 10.8 Å². The standard InChI is InChI=1S/C19H13ClN2OS/c1-12-8-9-13(15(20)11-12)18-21-16-6-3-2-5-14(16)19(23)22(18)17-7-4-10-24-17/h2-11H,1H3. The number of rotatable bonds is 2. The fraction of sp³-hybridized carbons (Fsp3) is 0.0526. The van der Waals surface area contributed by atoms with E-state index in [4.69, 9.17) is 16.6 Å². The minimum Gasteiger partial charge on any atom is -0.268 e. The van der Waals surface area contributed by atoms with Crippen LogP contribution >= 0.6 is 22.9 Å². The van der Waals surface area contributed by atoms with Crippen molar-refractivity contribution < 1.29 is 0 Å². The number of nitrogens with zero attached hydrogens (tertiary/aromatic N) is 2. The van der Waals surface area contributed by atoms with Gasteiger partial charge >= 0.3 is 0 Å². The molecule has 0 radical (unpaired) electrons. The zero-order chi connectivity index (χ0) is 16.7. The largest absolute Gasteiger partial charge is 0.268 e. The van der Waals surface area contributed by atoms with E-state index >= 15 is 0 Å². The van der Waals surface area contributed by atoms with Gasteiger partial charge in [-0.15, -0.1) is 11.3 Å². The van der Waals surface area contributed by atoms with Crippen LogP contribution in [0.1, 0.15) is 5.56 Å². The summed E-state index contributed by atoms with van der Waals surface area (Å²) < 4.78 is 1.64. The molecule has 5 heteroatoms. The lowest BCUT2D eigenvalue weighted by atomic mass is 10.1. The average molecular weight is 353 g/mol. The van der Waals surface area contributed by atoms with E-state index in [-0.39, 0.29) is 5.56 Å². The maximum Gasteiger partial charge on any atom is 0.266 e. The molecule has 4 rings (SSSR count). The van der Waals surface area contributed by atoms with Gasteiger partial charge in [-0.25, -0.2) is 4.98 Å². The summed E-state index contributed by atoms with van der Waals surface area (Å²) in [5.41, 5.74) is 2.39. The van der Waals surface area contributed by atoms with Gasteiger partial charge in [0.05, 0.1) is 15.9 Å². The molecule has 0 aliphatic carbocycles. The Morgan fingerprint density at radius 2 is 1.92 bits per heavy atom. The number of aromatic nitrogens is 2. The van der Waals surface area contributed by atoms with E-state index in [1.54, 1.807) is 10.6 Å². The summed E-state index contributed by atoms with van der Waals surface area (Å²) in [6, 6.07) is 17.0. The lowest BCUT2D eigenvalue weighted by Crippen LogP contribution is -2.21. The summed E-state index contributed by atoms with van der Waals surface area (Å²) in [5.74, 6) is 0.561. The summed E-state index contributed by atoms with van der Waals surface area (Å²) >= 11 is 7.95. The van der Waals surface area contributed by atoms with Gasteiger partial charge in [-0.2, -0.15) is 0 Å². The fourth-order valence-corrected chi connectivity index (χ4v) is 3.76. The highest BCUT2D eigenvalue weighted by Gasteiger charge is 2.16. The van der Waals surface area contributed by atoms with Crippen LogP contribution in [-0.2, 0) is 0 Å². The quantitative estimate of drug-likeness (QED) is 0.504. The maximum atomic E-state index is 13.1. The second kappa shape index (κ2) is 5.89. The van der Waals surface area contributed by atoms with Crippen molar-refractivity contribution in [2.75, 3.05) is 0 Å². The van der Waals surface area contributed by atoms with Crippen LogP contribution in [0, 0.1) is 6.92 Å². The van der Waals surface area contributed by atoms with Gasteiger partial charge in [0.15, 0.2) is 0 Å². The molecule has 0 saturated carbocycles. The second-order valence-corrected chi connectivity index (χ2v) is 6.86. The molecule has 0 aliphatic rings. The molecule has 0 saturated heterocycles. The first kappa shape index (κ1) is 15.1. The normalized spacial score (nSPS) is 11.1. The molecule has 0 amide bonds. The van der Waals surface area contributed by atoms with Gasteiger partial charge in [-0.1, -0.05) is 29.8 Å². The molecule has 2 aromatic carbocycles. The van der Waals surface area contributed by atoms with Crippen LogP contribution in [-0.4, -0.2) is 9.55 Å². The lowest BCUT2D eigenvalue weighted by molar-refractivity contribution is 0.996. The molecule has 0 aliphatic heterocycles. The van der Waals surface area contributed by atoms with Crippen molar-refractivity contribution in [1.29, 1.82) is 0 Å². The molecule has 0 atom stereocenters. The number of aryl methyl sites for hydroxylation is 1. The van der Waals surface area contributed by atoms with E-state index in [0.717, 1.165) is 16.1 Å². The number of fused-ring (bicyclic) bond motifs is 1. The highest BCUT2D eigenvalue weighted by Crippen LogP contribution is 2.30. The van der Waals surface area contributed by atoms with E-state index in [9.17, 15) is 4.79 Å². The van der Waals surface area contributed by atoms with E-state index in [0.29, 0.717) is 21.7 Å². The van der Waals surface area contributed by atoms with Crippen molar-refractivity contribution in [2.45, 2.75) is 6.92 Å². The van der Waals surface area contributed by atoms with E-state index in [2.05, 4.69) is 0 Å². The molecule has 0 N–H and O–H groups in total. The van der Waals surface area contributed by atoms with Gasteiger partial charge in [0.25, 0.3) is 5.56 Å². The highest BCUT2D eigenvalue weighted by atomic mass is 35.5. The Kier molecular flexibility index (Phi) is 3.71. The van der Waals surface area contributed by atoms with Crippen molar-refractivity contribution >= 4 is 33.8 Å². The lowest BCUT2D eigenvalue weighted by Gasteiger charge is -2.13. The number of benzene rings is 2. The first-order valence-corrected chi connectivity index (χ1v) is 8.73. The van der Waals surface area contributed by atoms with Crippen molar-refractivity contribution in [3.05, 3.63) is 80.9 Å². The van der Waals surface area contributed by atoms with Crippen LogP contribution in [0.5, 0.6) is 0 Å². The van der Waals surface area contributed by atoms with Crippen molar-refractivity contribution in [3.8, 4) is 16.4 Å². The SMILES string of the molecule is Cc1ccc(-c2nc3ccccc3c(=O)n2-c2cccs2)c(Cl)c1. The van der Waals surface area contributed by atoms with Crippen molar-refractivity contribution in [1.82, 2.24) is 9.55 Å². The fourth-order valence-electron chi connectivity index (χ4n) is 2.72. The number of halogens is 1. The summed E-state index contributed by atoms with van der Waals surface area (Å²) in [5, 5.41) is 3.95. The Hall–Kier alpha value is -2.43. The first-order valence-electron chi connectivity index (χ1n) is 7.47. The molecule has 0 unspecified atom stereocenters. The smallest absolute Gasteiger partial charge is 0.266 e. The van der Waals surface area contributed by atoms with Gasteiger partial charge in [-0.3, -0.25) is 9.36 Å². The van der Waals surface area contributed by atoms with Crippen LogP contribution in [0.2, 0.25) is 5.02 Å². The Bertz CT molecular complexity index is 1100. The van der Waals surface area contributed by atoms with E-state index < -0.39 is 0 Å². The molecule has 2 aromatic heterocycles. The zero-order valence-corrected chi connectivity index (χ0v) is 14.4. The summed E-state index contributed by atoms with van der Waals surface area (Å²) in [6.07, 6.45) is 0. The Balaban J connectivity index is 2.14. The zero-order valence-electron chi connectivity index (χ0n) is 12.9. The third kappa shape index (κ3) is 2.44. The van der Waals surface area contributed by atoms with Crippen LogP contribution in [0.15, 0.2) is 64.8 Å². The summed E-state index contributed by atoms with van der Waals surface area (Å²) in [7, 11) is 0. The molecular weight excluding hydrogens is 340 g/mol. The minimum absolute atomic E-state index is 0.0882. The second-order valence-electron chi connectivity index (χ2n) is 5.53. The Morgan fingerprint density at radius 3 is 2.67 bits per heavy atom. The van der Waals surface area contributed by atoms with Crippen molar-refractivity contribution in [3.63, 3.8) is 0 Å². The number of hydrogen-bond acceptors (Lipinski definition) is 3. The third-order valence-corrected chi connectivity index (χ3v) is 5.03. The summed E-state index contributed by atoms with van der Waals surface area (Å²) in [4.78, 5) is 17.8. The predicted molar refractivity (Wildman–Crippen MR) is 100 cm³/mol. The molecular formula is C19H13ClN2OS. The topological polar surface area (TPSA) is 34.9 Å². The number of para-hydroxylation sites is 1. The Morgan fingerprint density at radius 1 is 1.08 bits per heavy atom.